The van der Waals surface area contributed by atoms with Crippen molar-refractivity contribution in [3.05, 3.63) is 58.8 Å². The number of hydrogen-bond donors (Lipinski definition) is 1. The minimum atomic E-state index is -0.114. The summed E-state index contributed by atoms with van der Waals surface area (Å²) in [5.74, 6) is 2.87. The predicted molar refractivity (Wildman–Crippen MR) is 128 cm³/mol. The molecule has 1 aromatic carbocycles. The van der Waals surface area contributed by atoms with Crippen molar-refractivity contribution >= 4 is 17.6 Å². The Morgan fingerprint density at radius 2 is 1.67 bits per heavy atom. The van der Waals surface area contributed by atoms with Crippen molar-refractivity contribution in [1.29, 1.82) is 0 Å². The van der Waals surface area contributed by atoms with Crippen LogP contribution in [0, 0.1) is 5.92 Å². The molecule has 2 saturated carbocycles. The fourth-order valence-electron chi connectivity index (χ4n) is 5.46. The van der Waals surface area contributed by atoms with Crippen molar-refractivity contribution in [3.63, 3.8) is 0 Å². The summed E-state index contributed by atoms with van der Waals surface area (Å²) in [5, 5.41) is 2.93. The topological polar surface area (TPSA) is 65.5 Å². The van der Waals surface area contributed by atoms with E-state index in [0.29, 0.717) is 24.6 Å². The number of amides is 2. The molecule has 1 unspecified atom stereocenters. The van der Waals surface area contributed by atoms with E-state index in [2.05, 4.69) is 29.4 Å². The first-order valence-corrected chi connectivity index (χ1v) is 12.5. The van der Waals surface area contributed by atoms with Gasteiger partial charge in [0.2, 0.25) is 5.91 Å². The number of carbonyl (C=O) groups is 2. The molecule has 0 bridgehead atoms. The third-order valence-corrected chi connectivity index (χ3v) is 7.82. The van der Waals surface area contributed by atoms with Gasteiger partial charge in [-0.25, -0.2) is 4.98 Å². The number of hydrogen-bond acceptors (Lipinski definition) is 4. The Morgan fingerprint density at radius 3 is 2.27 bits per heavy atom. The minimum Gasteiger partial charge on any atom is -0.355 e. The molecule has 2 saturated heterocycles. The van der Waals surface area contributed by atoms with Crippen LogP contribution in [0.4, 0.5) is 5.82 Å². The summed E-state index contributed by atoms with van der Waals surface area (Å²) >= 11 is 0. The molecular formula is C27H32N4O2. The largest absolute Gasteiger partial charge is 0.355 e. The lowest BCUT2D eigenvalue weighted by atomic mass is 9.89. The van der Waals surface area contributed by atoms with E-state index in [1.165, 1.54) is 36.8 Å². The molecule has 2 aliphatic heterocycles. The van der Waals surface area contributed by atoms with Gasteiger partial charge >= 0.3 is 0 Å². The zero-order chi connectivity index (χ0) is 22.5. The summed E-state index contributed by atoms with van der Waals surface area (Å²) in [7, 11) is 0. The van der Waals surface area contributed by atoms with E-state index < -0.39 is 0 Å². The van der Waals surface area contributed by atoms with Crippen molar-refractivity contribution in [2.24, 2.45) is 5.92 Å². The smallest absolute Gasteiger partial charge is 0.253 e. The Hall–Kier alpha value is -2.89. The van der Waals surface area contributed by atoms with E-state index in [1.54, 1.807) is 0 Å². The van der Waals surface area contributed by atoms with Crippen molar-refractivity contribution in [1.82, 2.24) is 15.2 Å². The molecule has 2 aliphatic carbocycles. The molecule has 172 valence electrons. The molecule has 33 heavy (non-hydrogen) atoms. The van der Waals surface area contributed by atoms with Crippen molar-refractivity contribution in [2.45, 2.75) is 50.4 Å². The third-order valence-electron chi connectivity index (χ3n) is 7.82. The van der Waals surface area contributed by atoms with E-state index in [-0.39, 0.29) is 23.7 Å². The fourth-order valence-corrected chi connectivity index (χ4v) is 5.46. The highest BCUT2D eigenvalue weighted by Crippen LogP contribution is 2.47. The van der Waals surface area contributed by atoms with Crippen LogP contribution in [0.5, 0.6) is 0 Å². The quantitative estimate of drug-likeness (QED) is 0.765. The van der Waals surface area contributed by atoms with Gasteiger partial charge in [0.05, 0.1) is 5.92 Å². The first-order valence-electron chi connectivity index (χ1n) is 12.5. The monoisotopic (exact) mass is 444 g/mol. The normalized spacial score (nSPS) is 25.3. The molecule has 4 fully saturated rings. The van der Waals surface area contributed by atoms with E-state index in [1.807, 2.05) is 29.2 Å². The fraction of sp³-hybridized carbons (Fsp3) is 0.519. The standard InChI is InChI=1S/C27H32N4O2/c1-17-15-29-26(32)24(17)20-6-8-21(9-7-20)27(33)31-12-10-30(11-13-31)25-23(19-4-5-19)14-22(16-28-25)18-2-3-18/h6-9,14,16-19,24H,2-5,10-13,15H2,1H3,(H,29,32)/t17?,24-/m1/s1. The predicted octanol–water partition coefficient (Wildman–Crippen LogP) is 3.65. The minimum absolute atomic E-state index is 0.0737. The molecule has 3 heterocycles. The maximum atomic E-state index is 13.1. The lowest BCUT2D eigenvalue weighted by Gasteiger charge is -2.36. The summed E-state index contributed by atoms with van der Waals surface area (Å²) in [6.07, 6.45) is 7.25. The SMILES string of the molecule is CC1CNC(=O)[C@H]1c1ccc(C(=O)N2CCN(c3ncc(C4CC4)cc3C3CC3)CC2)cc1. The van der Waals surface area contributed by atoms with Crippen molar-refractivity contribution in [3.8, 4) is 0 Å². The van der Waals surface area contributed by atoms with Crippen LogP contribution < -0.4 is 10.2 Å². The number of benzene rings is 1. The molecule has 1 N–H and O–H groups in total. The third kappa shape index (κ3) is 4.00. The van der Waals surface area contributed by atoms with Gasteiger partial charge in [-0.3, -0.25) is 9.59 Å². The van der Waals surface area contributed by atoms with Gasteiger partial charge in [0.1, 0.15) is 5.82 Å². The number of nitrogens with zero attached hydrogens (tertiary/aromatic N) is 3. The van der Waals surface area contributed by atoms with Crippen molar-refractivity contribution in [2.75, 3.05) is 37.6 Å². The second-order valence-electron chi connectivity index (χ2n) is 10.3. The molecule has 0 spiro atoms. The molecule has 2 aromatic rings. The number of carbonyl (C=O) groups excluding carboxylic acids is 2. The summed E-state index contributed by atoms with van der Waals surface area (Å²) in [6.45, 7) is 5.86. The lowest BCUT2D eigenvalue weighted by Crippen LogP contribution is -2.49. The van der Waals surface area contributed by atoms with Gasteiger partial charge in [-0.05, 0) is 72.3 Å². The molecule has 6 heteroatoms. The average molecular weight is 445 g/mol. The van der Waals surface area contributed by atoms with Gasteiger partial charge in [-0.1, -0.05) is 25.1 Å². The lowest BCUT2D eigenvalue weighted by molar-refractivity contribution is -0.120. The number of piperazine rings is 1. The summed E-state index contributed by atoms with van der Waals surface area (Å²) in [6, 6.07) is 10.1. The number of nitrogens with one attached hydrogen (secondary N) is 1. The highest BCUT2D eigenvalue weighted by molar-refractivity contribution is 5.94. The van der Waals surface area contributed by atoms with Crippen LogP contribution in [0.25, 0.3) is 0 Å². The Morgan fingerprint density at radius 1 is 0.970 bits per heavy atom. The molecule has 6 rings (SSSR count). The molecule has 0 radical (unpaired) electrons. The van der Waals surface area contributed by atoms with Crippen molar-refractivity contribution < 1.29 is 9.59 Å². The Labute approximate surface area is 195 Å². The highest BCUT2D eigenvalue weighted by Gasteiger charge is 2.34. The maximum absolute atomic E-state index is 13.1. The molecular weight excluding hydrogens is 412 g/mol. The Bertz CT molecular complexity index is 1070. The first-order chi connectivity index (χ1) is 16.1. The first kappa shape index (κ1) is 20.7. The van der Waals surface area contributed by atoms with E-state index in [0.717, 1.165) is 36.9 Å². The number of aromatic nitrogens is 1. The van der Waals surface area contributed by atoms with E-state index in [4.69, 9.17) is 4.98 Å². The summed E-state index contributed by atoms with van der Waals surface area (Å²) < 4.78 is 0. The van der Waals surface area contributed by atoms with Crippen LogP contribution in [0.3, 0.4) is 0 Å². The van der Waals surface area contributed by atoms with Gasteiger partial charge in [0.15, 0.2) is 0 Å². The number of pyridine rings is 1. The van der Waals surface area contributed by atoms with Gasteiger partial charge in [0.25, 0.3) is 5.91 Å². The molecule has 2 amide bonds. The van der Waals surface area contributed by atoms with Crippen LogP contribution in [0.15, 0.2) is 36.5 Å². The second-order valence-corrected chi connectivity index (χ2v) is 10.3. The van der Waals surface area contributed by atoms with Crippen LogP contribution in [-0.4, -0.2) is 54.4 Å². The highest BCUT2D eigenvalue weighted by atomic mass is 16.2. The zero-order valence-electron chi connectivity index (χ0n) is 19.3. The zero-order valence-corrected chi connectivity index (χ0v) is 19.3. The molecule has 6 nitrogen and oxygen atoms in total. The second kappa shape index (κ2) is 8.15. The van der Waals surface area contributed by atoms with E-state index in [9.17, 15) is 9.59 Å². The Kier molecular flexibility index (Phi) is 5.11. The van der Waals surface area contributed by atoms with Gasteiger partial charge in [-0.2, -0.15) is 0 Å². The van der Waals surface area contributed by atoms with Crippen LogP contribution in [-0.2, 0) is 4.79 Å². The molecule has 1 aromatic heterocycles. The van der Waals surface area contributed by atoms with Gasteiger partial charge in [0, 0.05) is 44.5 Å². The maximum Gasteiger partial charge on any atom is 0.253 e. The average Bonchev–Trinajstić information content (AvgIpc) is 3.77. The molecule has 4 aliphatic rings. The van der Waals surface area contributed by atoms with Crippen LogP contribution >= 0.6 is 0 Å². The molecule has 2 atom stereocenters. The van der Waals surface area contributed by atoms with Gasteiger partial charge in [-0.15, -0.1) is 0 Å². The van der Waals surface area contributed by atoms with Crippen LogP contribution in [0.2, 0.25) is 0 Å². The number of rotatable bonds is 5. The number of anilines is 1. The Balaban J connectivity index is 1.11. The van der Waals surface area contributed by atoms with Crippen LogP contribution in [0.1, 0.15) is 77.4 Å². The van der Waals surface area contributed by atoms with E-state index >= 15 is 0 Å². The summed E-state index contributed by atoms with van der Waals surface area (Å²) in [5.41, 5.74) is 4.54. The van der Waals surface area contributed by atoms with Gasteiger partial charge < -0.3 is 15.1 Å². The summed E-state index contributed by atoms with van der Waals surface area (Å²) in [4.78, 5) is 34.5.